The van der Waals surface area contributed by atoms with Crippen molar-refractivity contribution in [2.24, 2.45) is 0 Å². The fraction of sp³-hybridized carbons (Fsp3) is 0.667. The summed E-state index contributed by atoms with van der Waals surface area (Å²) < 4.78 is 0. The van der Waals surface area contributed by atoms with Crippen LogP contribution in [0.2, 0.25) is 0 Å². The van der Waals surface area contributed by atoms with Gasteiger partial charge in [0.15, 0.2) is 0 Å². The molecule has 1 N–H and O–H groups in total. The van der Waals surface area contributed by atoms with Gasteiger partial charge in [-0.2, -0.15) is 0 Å². The Kier molecular flexibility index (Phi) is 19.3. The van der Waals surface area contributed by atoms with Gasteiger partial charge in [0.2, 0.25) is 0 Å². The Hall–Kier alpha value is 0.900. The van der Waals surface area contributed by atoms with Crippen LogP contribution in [0.25, 0.3) is 0 Å². The number of nitrogens with one attached hydrogen (secondary N) is 1. The molecule has 0 saturated heterocycles. The van der Waals surface area contributed by atoms with Crippen LogP contribution in [0.4, 0.5) is 0 Å². The average Bonchev–Trinajstić information content (AvgIpc) is 1.85. The van der Waals surface area contributed by atoms with Crippen molar-refractivity contribution in [3.05, 3.63) is 0 Å². The van der Waals surface area contributed by atoms with Gasteiger partial charge in [0.25, 0.3) is 0 Å². The Morgan fingerprint density at radius 1 is 0.923 bits per heavy atom. The molecule has 0 bridgehead atoms. The van der Waals surface area contributed by atoms with Crippen molar-refractivity contribution in [3.63, 3.8) is 0 Å². The summed E-state index contributed by atoms with van der Waals surface area (Å²) in [7, 11) is 0. The Balaban J connectivity index is -0.000000500. The van der Waals surface area contributed by atoms with Crippen LogP contribution < -0.4 is 74.6 Å². The molecular weight excluding hydrogens is 196 g/mol. The summed E-state index contributed by atoms with van der Waals surface area (Å²) in [4.78, 5) is 19.6. The van der Waals surface area contributed by atoms with Gasteiger partial charge in [0, 0.05) is 25.0 Å². The molecule has 0 aliphatic heterocycles. The second-order valence-electron chi connectivity index (χ2n) is 1.99. The maximum Gasteiger partial charge on any atom is 1.00 e. The fourth-order valence-electron chi connectivity index (χ4n) is 0.506. The zero-order valence-corrected chi connectivity index (χ0v) is 12.0. The normalized spacial score (nSPS) is 8.00. The van der Waals surface area contributed by atoms with Gasteiger partial charge < -0.3 is 25.1 Å². The van der Waals surface area contributed by atoms with E-state index in [-0.39, 0.29) is 85.0 Å². The minimum absolute atomic E-state index is 0. The maximum absolute atomic E-state index is 9.82. The first-order valence-corrected chi connectivity index (χ1v) is 3.23. The predicted octanol–water partition coefficient (Wildman–Crippen LogP) is -9.14. The third kappa shape index (κ3) is 19.3. The van der Waals surface area contributed by atoms with Crippen LogP contribution in [-0.4, -0.2) is 25.0 Å². The number of hydrogen-bond donors (Lipinski definition) is 1. The number of carbonyl (C=O) groups is 2. The van der Waals surface area contributed by atoms with Crippen molar-refractivity contribution in [2.45, 2.75) is 12.8 Å². The van der Waals surface area contributed by atoms with E-state index >= 15 is 0 Å². The summed E-state index contributed by atoms with van der Waals surface area (Å²) in [6, 6.07) is 0. The molecule has 0 fully saturated rings. The fourth-order valence-corrected chi connectivity index (χ4v) is 0.506. The first kappa shape index (κ1) is 19.5. The Labute approximate surface area is 121 Å². The second-order valence-corrected chi connectivity index (χ2v) is 1.99. The topological polar surface area (TPSA) is 92.3 Å². The van der Waals surface area contributed by atoms with Crippen LogP contribution in [-0.2, 0) is 9.59 Å². The molecule has 0 aromatic rings. The molecule has 0 unspecified atom stereocenters. The monoisotopic (exact) mass is 205 g/mol. The van der Waals surface area contributed by atoms with Gasteiger partial charge in [-0.05, 0) is 12.8 Å². The van der Waals surface area contributed by atoms with E-state index in [1.54, 1.807) is 0 Å². The Bertz CT molecular complexity index is 138. The van der Waals surface area contributed by atoms with E-state index in [4.69, 9.17) is 0 Å². The van der Waals surface area contributed by atoms with Gasteiger partial charge in [-0.25, -0.2) is 0 Å². The Morgan fingerprint density at radius 2 is 1.23 bits per heavy atom. The zero-order valence-electron chi connectivity index (χ0n) is 7.96. The number of aliphatic carboxylic acids is 2. The van der Waals surface area contributed by atoms with Crippen LogP contribution in [0.5, 0.6) is 0 Å². The van der Waals surface area contributed by atoms with E-state index in [1.165, 1.54) is 0 Å². The molecular formula is C6H9NNa2O4. The molecule has 5 nitrogen and oxygen atoms in total. The van der Waals surface area contributed by atoms with Crippen LogP contribution in [0.3, 0.4) is 0 Å². The first-order chi connectivity index (χ1) is 5.13. The molecule has 0 spiro atoms. The number of carbonyl (C=O) groups excluding carboxylic acids is 2. The summed E-state index contributed by atoms with van der Waals surface area (Å²) in [5.74, 6) is -2.29. The van der Waals surface area contributed by atoms with Gasteiger partial charge in [-0.1, -0.05) is 0 Å². The van der Waals surface area contributed by atoms with Crippen molar-refractivity contribution in [2.75, 3.05) is 13.1 Å². The van der Waals surface area contributed by atoms with Crippen molar-refractivity contribution < 1.29 is 78.9 Å². The van der Waals surface area contributed by atoms with Crippen molar-refractivity contribution in [1.29, 1.82) is 0 Å². The summed E-state index contributed by atoms with van der Waals surface area (Å²) in [5, 5.41) is 22.2. The molecule has 64 valence electrons. The molecule has 0 amide bonds. The standard InChI is InChI=1S/C6H11NO4.2Na/c8-5(9)1-3-7-4-2-6(10)11;;/h7H,1-4H2,(H,8,9)(H,10,11);;/q;2*+1/p-2. The molecule has 0 aromatic carbocycles. The summed E-state index contributed by atoms with van der Waals surface area (Å²) in [5.41, 5.74) is 0. The predicted molar refractivity (Wildman–Crippen MR) is 32.1 cm³/mol. The summed E-state index contributed by atoms with van der Waals surface area (Å²) in [6.07, 6.45) is -0.208. The molecule has 0 aliphatic carbocycles. The molecule has 7 heteroatoms. The number of carboxylic acids is 2. The van der Waals surface area contributed by atoms with Crippen LogP contribution >= 0.6 is 0 Å². The molecule has 0 aliphatic rings. The average molecular weight is 205 g/mol. The number of rotatable bonds is 6. The van der Waals surface area contributed by atoms with Crippen LogP contribution in [0.15, 0.2) is 0 Å². The molecule has 0 radical (unpaired) electrons. The smallest absolute Gasteiger partial charge is 0.550 e. The van der Waals surface area contributed by atoms with E-state index in [9.17, 15) is 19.8 Å². The van der Waals surface area contributed by atoms with E-state index in [1.807, 2.05) is 0 Å². The summed E-state index contributed by atoms with van der Waals surface area (Å²) in [6.45, 7) is 0.464. The maximum atomic E-state index is 9.82. The second kappa shape index (κ2) is 12.9. The van der Waals surface area contributed by atoms with Gasteiger partial charge >= 0.3 is 59.1 Å². The molecule has 0 rings (SSSR count). The van der Waals surface area contributed by atoms with E-state index in [0.29, 0.717) is 0 Å². The quantitative estimate of drug-likeness (QED) is 0.343. The first-order valence-electron chi connectivity index (χ1n) is 3.23. The summed E-state index contributed by atoms with van der Waals surface area (Å²) >= 11 is 0. The molecule has 0 heterocycles. The van der Waals surface area contributed by atoms with Crippen molar-refractivity contribution in [3.8, 4) is 0 Å². The molecule has 13 heavy (non-hydrogen) atoms. The van der Waals surface area contributed by atoms with E-state index < -0.39 is 11.9 Å². The van der Waals surface area contributed by atoms with Crippen LogP contribution in [0, 0.1) is 0 Å². The molecule has 0 aromatic heterocycles. The van der Waals surface area contributed by atoms with E-state index in [0.717, 1.165) is 0 Å². The van der Waals surface area contributed by atoms with Gasteiger partial charge in [-0.15, -0.1) is 0 Å². The van der Waals surface area contributed by atoms with Crippen molar-refractivity contribution in [1.82, 2.24) is 5.32 Å². The van der Waals surface area contributed by atoms with Crippen LogP contribution in [0.1, 0.15) is 12.8 Å². The van der Waals surface area contributed by atoms with Gasteiger partial charge in [0.05, 0.1) is 0 Å². The molecule has 0 saturated carbocycles. The number of hydrogen-bond acceptors (Lipinski definition) is 5. The third-order valence-electron chi connectivity index (χ3n) is 1.01. The van der Waals surface area contributed by atoms with Gasteiger partial charge in [-0.3, -0.25) is 0 Å². The van der Waals surface area contributed by atoms with Gasteiger partial charge in [0.1, 0.15) is 0 Å². The third-order valence-corrected chi connectivity index (χ3v) is 1.01. The zero-order chi connectivity index (χ0) is 8.69. The minimum Gasteiger partial charge on any atom is -0.550 e. The largest absolute Gasteiger partial charge is 1.00 e. The molecule has 0 atom stereocenters. The Morgan fingerprint density at radius 3 is 1.46 bits per heavy atom. The number of carboxylic acid groups (broad SMARTS) is 2. The van der Waals surface area contributed by atoms with E-state index in [2.05, 4.69) is 5.32 Å². The SMILES string of the molecule is O=C([O-])CCNCCC(=O)[O-].[Na+].[Na+]. The van der Waals surface area contributed by atoms with Crippen molar-refractivity contribution >= 4 is 11.9 Å². The minimum atomic E-state index is -1.15.